The number of primary amides is 1. The number of Topliss-reactive ketones (excluding diaryl/α,β-unsaturated/α-hetero) is 1. The number of ketones is 3. The van der Waals surface area contributed by atoms with E-state index in [-0.39, 0.29) is 65.5 Å². The second kappa shape index (κ2) is 33.4. The molecule has 3 aliphatic rings. The Hall–Kier alpha value is -9.22. The van der Waals surface area contributed by atoms with Gasteiger partial charge < -0.3 is 109 Å². The maximum Gasteiger partial charge on any atom is 0.245 e. The van der Waals surface area contributed by atoms with Crippen molar-refractivity contribution in [1.82, 2.24) is 42.5 Å². The molecule has 0 aromatic heterocycles. The van der Waals surface area contributed by atoms with Crippen LogP contribution in [-0.2, 0) is 70.3 Å². The Labute approximate surface area is 550 Å². The highest BCUT2D eigenvalue weighted by Crippen LogP contribution is 2.52. The number of carbonyl (C=O) groups excluding carboxylic acids is 12. The van der Waals surface area contributed by atoms with E-state index in [1.165, 1.54) is 70.3 Å². The number of phenols is 3. The fourth-order valence-electron chi connectivity index (χ4n) is 11.5. The van der Waals surface area contributed by atoms with Crippen LogP contribution in [0.3, 0.4) is 0 Å². The molecule has 20 N–H and O–H groups in total. The number of nitrogens with two attached hydrogens (primary N) is 2. The smallest absolute Gasteiger partial charge is 0.245 e. The molecule has 4 unspecified atom stereocenters. The predicted molar refractivity (Wildman–Crippen MR) is 333 cm³/mol. The third-order valence-electron chi connectivity index (χ3n) is 16.5. The third kappa shape index (κ3) is 18.4. The van der Waals surface area contributed by atoms with Crippen LogP contribution in [-0.4, -0.2) is 217 Å². The summed E-state index contributed by atoms with van der Waals surface area (Å²) in [6, 6.07) is -2.90. The molecule has 9 amide bonds. The van der Waals surface area contributed by atoms with Crippen LogP contribution >= 0.6 is 0 Å². The monoisotopic (exact) mass is 1350 g/mol. The molecule has 0 radical (unpaired) electrons. The number of nitrogens with one attached hydrogen (secondary N) is 8. The molecule has 13 atom stereocenters. The van der Waals surface area contributed by atoms with Crippen molar-refractivity contribution in [2.45, 2.75) is 171 Å². The fraction of sp³-hybridized carbons (Fsp3) is 0.524. The van der Waals surface area contributed by atoms with Gasteiger partial charge in [-0.05, 0) is 75.8 Å². The SMILES string of the molecule is COc1cccc2c1C(=O)c1c(O)c3c(c(O)c1C2=O)C[C@@](O)(C(=O)CO)C[C@@H]3OC1CC(NC(=O)[C@H](CC(C)C)NC(=O)[C@H](CO)NC(=O)[C@H](CCC(N)=O)NC(=O)[C@H](Cc2ccc(O)cc2)NC(=O)[C@H](CO)NC(=O)[C@H](C)NC(=O)[C@H](CCCN)NC(C)=O)C(O)C(C)O1. The van der Waals surface area contributed by atoms with Crippen LogP contribution in [0.15, 0.2) is 42.5 Å². The van der Waals surface area contributed by atoms with Gasteiger partial charge in [-0.15, -0.1) is 0 Å². The molecule has 0 bridgehead atoms. The number of ether oxygens (including phenoxy) is 3. The normalized spacial score (nSPS) is 20.9. The summed E-state index contributed by atoms with van der Waals surface area (Å²) in [5.41, 5.74) is 6.39. The van der Waals surface area contributed by atoms with Gasteiger partial charge in [0, 0.05) is 55.7 Å². The largest absolute Gasteiger partial charge is 0.508 e. The van der Waals surface area contributed by atoms with Crippen LogP contribution in [0.5, 0.6) is 23.0 Å². The summed E-state index contributed by atoms with van der Waals surface area (Å²) in [5.74, 6) is -14.1. The number of hydrogen-bond acceptors (Lipinski definition) is 24. The van der Waals surface area contributed by atoms with Gasteiger partial charge >= 0.3 is 0 Å². The van der Waals surface area contributed by atoms with Gasteiger partial charge in [0.2, 0.25) is 58.9 Å². The molecule has 3 aromatic rings. The quantitative estimate of drug-likeness (QED) is 0.0205. The van der Waals surface area contributed by atoms with Gasteiger partial charge in [-0.3, -0.25) is 57.5 Å². The number of rotatable bonds is 32. The molecule has 96 heavy (non-hydrogen) atoms. The number of phenolic OH excluding ortho intramolecular Hbond substituents is 3. The van der Waals surface area contributed by atoms with Crippen LogP contribution < -0.4 is 58.7 Å². The maximum absolute atomic E-state index is 14.4. The zero-order valence-corrected chi connectivity index (χ0v) is 53.6. The highest BCUT2D eigenvalue weighted by atomic mass is 16.7. The molecule has 524 valence electrons. The Morgan fingerprint density at radius 1 is 0.698 bits per heavy atom. The molecule has 1 saturated heterocycles. The van der Waals surface area contributed by atoms with Gasteiger partial charge in [-0.25, -0.2) is 0 Å². The van der Waals surface area contributed by atoms with E-state index in [4.69, 9.17) is 25.7 Å². The Morgan fingerprint density at radius 3 is 1.84 bits per heavy atom. The minimum absolute atomic E-state index is 0.0297. The lowest BCUT2D eigenvalue weighted by Gasteiger charge is -2.43. The van der Waals surface area contributed by atoms with Crippen molar-refractivity contribution < 1.29 is 113 Å². The first-order valence-electron chi connectivity index (χ1n) is 30.9. The Kier molecular flexibility index (Phi) is 26.4. The first-order chi connectivity index (χ1) is 45.3. The van der Waals surface area contributed by atoms with Crippen LogP contribution in [0.4, 0.5) is 0 Å². The summed E-state index contributed by atoms with van der Waals surface area (Å²) < 4.78 is 17.6. The van der Waals surface area contributed by atoms with Crippen LogP contribution in [0.25, 0.3) is 0 Å². The van der Waals surface area contributed by atoms with Gasteiger partial charge in [0.25, 0.3) is 0 Å². The predicted octanol–water partition coefficient (Wildman–Crippen LogP) is -4.42. The van der Waals surface area contributed by atoms with E-state index in [1.54, 1.807) is 13.8 Å². The van der Waals surface area contributed by atoms with Crippen LogP contribution in [0.1, 0.15) is 134 Å². The summed E-state index contributed by atoms with van der Waals surface area (Å²) in [4.78, 5) is 162. The molecular formula is C63H84N10O23. The van der Waals surface area contributed by atoms with E-state index in [0.29, 0.717) is 12.0 Å². The van der Waals surface area contributed by atoms with E-state index < -0.39 is 224 Å². The number of amides is 9. The van der Waals surface area contributed by atoms with Gasteiger partial charge in [0.05, 0.1) is 55.3 Å². The van der Waals surface area contributed by atoms with E-state index in [0.717, 1.165) is 0 Å². The molecule has 0 spiro atoms. The van der Waals surface area contributed by atoms with Crippen molar-refractivity contribution in [2.75, 3.05) is 33.5 Å². The maximum atomic E-state index is 14.4. The average Bonchev–Trinajstić information content (AvgIpc) is 0.712. The second-order valence-electron chi connectivity index (χ2n) is 24.2. The molecule has 0 saturated carbocycles. The summed E-state index contributed by atoms with van der Waals surface area (Å²) in [5, 5.41) is 107. The number of aliphatic hydroxyl groups excluding tert-OH is 4. The number of benzene rings is 3. The molecule has 3 aromatic carbocycles. The van der Waals surface area contributed by atoms with Gasteiger partial charge in [0.1, 0.15) is 83.6 Å². The molecule has 1 aliphatic heterocycles. The zero-order valence-electron chi connectivity index (χ0n) is 53.6. The Balaban J connectivity index is 1.18. The van der Waals surface area contributed by atoms with Crippen molar-refractivity contribution in [3.63, 3.8) is 0 Å². The number of methoxy groups -OCH3 is 1. The van der Waals surface area contributed by atoms with Crippen molar-refractivity contribution in [2.24, 2.45) is 17.4 Å². The van der Waals surface area contributed by atoms with Crippen LogP contribution in [0, 0.1) is 5.92 Å². The third-order valence-corrected chi connectivity index (χ3v) is 16.5. The van der Waals surface area contributed by atoms with E-state index in [9.17, 15) is 98.4 Å². The summed E-state index contributed by atoms with van der Waals surface area (Å²) in [6.45, 7) is 4.01. The molecule has 6 rings (SSSR count). The number of aromatic hydroxyl groups is 3. The van der Waals surface area contributed by atoms with Gasteiger partial charge in [0.15, 0.2) is 17.9 Å². The lowest BCUT2D eigenvalue weighted by Crippen LogP contribution is -2.62. The average molecular weight is 1350 g/mol. The van der Waals surface area contributed by atoms with E-state index in [1.807, 2.05) is 0 Å². The minimum atomic E-state index is -2.52. The molecule has 33 heteroatoms. The van der Waals surface area contributed by atoms with E-state index in [2.05, 4.69) is 42.5 Å². The molecular weight excluding hydrogens is 1260 g/mol. The first kappa shape index (κ1) is 75.8. The van der Waals surface area contributed by atoms with E-state index >= 15 is 0 Å². The molecule has 2 aliphatic carbocycles. The Bertz CT molecular complexity index is 3440. The minimum Gasteiger partial charge on any atom is -0.508 e. The van der Waals surface area contributed by atoms with Gasteiger partial charge in [-0.2, -0.15) is 0 Å². The lowest BCUT2D eigenvalue weighted by atomic mass is 9.72. The standard InChI is InChI=1S/C63H84N10O23/c1-27(2)19-38(59(89)69-37-21-46(95-29(4)51(37)81)96-43-23-63(93,44(79)26-76)22-34-48(43)55(85)50-49(53(34)83)52(82)33-9-7-11-42(94-6)47(33)54(50)84)70-62(92)41(25-75)73-58(88)36(16-17-45(65)80)68-60(90)39(20-31-12-14-32(78)15-13-31)71-61(91)40(24-74)72-56(86)28(3)66-57(87)35(10-8-18-64)67-30(5)77/h7,9,11-15,27-29,35-41,43,46,51,74-76,78,81,83,85,93H,8,10,16-26,64H2,1-6H3,(H2,65,80)(H,66,87)(H,67,77)(H,68,90)(H,69,89)(H,70,92)(H,71,91)(H,72,86)(H,73,88)/t28-,29?,35-,36-,37?,38-,39-,40-,41-,43-,46?,51?,63-/m0/s1. The van der Waals surface area contributed by atoms with Crippen molar-refractivity contribution in [3.05, 3.63) is 81.4 Å². The van der Waals surface area contributed by atoms with Crippen molar-refractivity contribution in [3.8, 4) is 23.0 Å². The second-order valence-corrected chi connectivity index (χ2v) is 24.2. The molecule has 33 nitrogen and oxygen atoms in total. The molecule has 1 heterocycles. The zero-order chi connectivity index (χ0) is 71.2. The highest BCUT2D eigenvalue weighted by molar-refractivity contribution is 6.31. The van der Waals surface area contributed by atoms with Crippen molar-refractivity contribution >= 4 is 70.5 Å². The summed E-state index contributed by atoms with van der Waals surface area (Å²) in [7, 11) is 1.25. The van der Waals surface area contributed by atoms with Gasteiger partial charge in [-0.1, -0.05) is 38.1 Å². The number of carbonyl (C=O) groups is 12. The topological polar surface area (TPSA) is 543 Å². The highest BCUT2D eigenvalue weighted by Gasteiger charge is 2.51. The lowest BCUT2D eigenvalue weighted by molar-refractivity contribution is -0.249. The number of aliphatic hydroxyl groups is 5. The Morgan fingerprint density at radius 2 is 1.26 bits per heavy atom. The number of fused-ring (bicyclic) bond motifs is 3. The van der Waals surface area contributed by atoms with Crippen LogP contribution in [0.2, 0.25) is 0 Å². The summed E-state index contributed by atoms with van der Waals surface area (Å²) in [6.07, 6.45) is -8.96. The number of hydrogen-bond donors (Lipinski definition) is 18. The molecule has 1 fully saturated rings. The summed E-state index contributed by atoms with van der Waals surface area (Å²) >= 11 is 0. The first-order valence-corrected chi connectivity index (χ1v) is 30.9. The fourth-order valence-corrected chi connectivity index (χ4v) is 11.5. The van der Waals surface area contributed by atoms with Crippen molar-refractivity contribution in [1.29, 1.82) is 0 Å².